The Hall–Kier alpha value is -2.51. The fraction of sp³-hybridized carbons (Fsp3) is 0.381. The van der Waals surface area contributed by atoms with Gasteiger partial charge in [-0.3, -0.25) is 15.0 Å². The molecule has 2 aromatic heterocycles. The number of piperazine rings is 1. The number of H-pyrrole nitrogens is 1. The number of anilines is 1. The molecule has 1 N–H and O–H groups in total. The number of rotatable bonds is 5. The Morgan fingerprint density at radius 3 is 2.34 bits per heavy atom. The van der Waals surface area contributed by atoms with Crippen molar-refractivity contribution >= 4 is 18.2 Å². The van der Waals surface area contributed by atoms with Gasteiger partial charge in [-0.05, 0) is 50.1 Å². The summed E-state index contributed by atoms with van der Waals surface area (Å²) in [6.45, 7) is 8.93. The number of aromatic nitrogens is 4. The summed E-state index contributed by atoms with van der Waals surface area (Å²) in [5.41, 5.74) is 5.28. The van der Waals surface area contributed by atoms with E-state index in [0.29, 0.717) is 0 Å². The first-order valence-corrected chi connectivity index (χ1v) is 9.66. The van der Waals surface area contributed by atoms with E-state index in [1.54, 1.807) is 24.5 Å². The van der Waals surface area contributed by atoms with Gasteiger partial charge < -0.3 is 4.90 Å². The minimum absolute atomic E-state index is 0. The molecule has 8 heteroatoms. The van der Waals surface area contributed by atoms with Crippen molar-refractivity contribution in [3.8, 4) is 11.3 Å². The minimum atomic E-state index is -0.245. The summed E-state index contributed by atoms with van der Waals surface area (Å²) in [5, 5.41) is 7.35. The number of halogens is 2. The number of hydrogen-bond acceptors (Lipinski definition) is 5. The second kappa shape index (κ2) is 9.33. The number of hydrogen-bond donors (Lipinski definition) is 1. The summed E-state index contributed by atoms with van der Waals surface area (Å²) in [6, 6.07) is 6.44. The van der Waals surface area contributed by atoms with Gasteiger partial charge >= 0.3 is 0 Å². The lowest BCUT2D eigenvalue weighted by Gasteiger charge is -2.36. The van der Waals surface area contributed by atoms with Gasteiger partial charge in [-0.2, -0.15) is 5.10 Å². The van der Waals surface area contributed by atoms with E-state index in [2.05, 4.69) is 43.8 Å². The third-order valence-electron chi connectivity index (χ3n) is 5.43. The van der Waals surface area contributed by atoms with Crippen molar-refractivity contribution in [1.82, 2.24) is 25.1 Å². The predicted octanol–water partition coefficient (Wildman–Crippen LogP) is 3.41. The van der Waals surface area contributed by atoms with Crippen molar-refractivity contribution in [3.63, 3.8) is 0 Å². The highest BCUT2D eigenvalue weighted by Crippen LogP contribution is 2.27. The van der Waals surface area contributed by atoms with Crippen LogP contribution in [0.2, 0.25) is 0 Å². The van der Waals surface area contributed by atoms with Gasteiger partial charge in [0.1, 0.15) is 11.5 Å². The van der Waals surface area contributed by atoms with E-state index >= 15 is 0 Å². The van der Waals surface area contributed by atoms with Gasteiger partial charge in [0.2, 0.25) is 0 Å². The molecule has 6 nitrogen and oxygen atoms in total. The van der Waals surface area contributed by atoms with Gasteiger partial charge in [0, 0.05) is 56.4 Å². The number of nitrogens with one attached hydrogen (secondary N) is 1. The van der Waals surface area contributed by atoms with Crippen LogP contribution in [0.15, 0.2) is 36.7 Å². The maximum absolute atomic E-state index is 13.3. The zero-order valence-corrected chi connectivity index (χ0v) is 17.5. The number of aromatic amines is 1. The van der Waals surface area contributed by atoms with Crippen LogP contribution in [0.3, 0.4) is 0 Å². The number of aryl methyl sites for hydroxylation is 2. The van der Waals surface area contributed by atoms with E-state index < -0.39 is 0 Å². The topological polar surface area (TPSA) is 60.9 Å². The molecular formula is C21H26ClFN6. The van der Waals surface area contributed by atoms with Crippen LogP contribution in [0.4, 0.5) is 10.2 Å². The van der Waals surface area contributed by atoms with E-state index in [-0.39, 0.29) is 18.2 Å². The highest BCUT2D eigenvalue weighted by molar-refractivity contribution is 5.85. The second-order valence-corrected chi connectivity index (χ2v) is 7.23. The molecule has 3 aromatic rings. The molecule has 3 heterocycles. The molecule has 0 atom stereocenters. The SMILES string of the molecule is Cc1n[nH]c(C)c1CCN1CCN(c2nccnc2-c2ccc(F)cc2)CC1.Cl. The van der Waals surface area contributed by atoms with Gasteiger partial charge in [0.25, 0.3) is 0 Å². The molecule has 0 radical (unpaired) electrons. The summed E-state index contributed by atoms with van der Waals surface area (Å²) in [5.74, 6) is 0.626. The average molecular weight is 417 g/mol. The van der Waals surface area contributed by atoms with Crippen molar-refractivity contribution in [2.24, 2.45) is 0 Å². The van der Waals surface area contributed by atoms with Crippen molar-refractivity contribution in [1.29, 1.82) is 0 Å². The van der Waals surface area contributed by atoms with Gasteiger partial charge in [0.15, 0.2) is 5.82 Å². The maximum atomic E-state index is 13.3. The van der Waals surface area contributed by atoms with Crippen molar-refractivity contribution in [3.05, 3.63) is 59.4 Å². The molecule has 0 amide bonds. The van der Waals surface area contributed by atoms with Crippen LogP contribution in [0.5, 0.6) is 0 Å². The normalized spacial score (nSPS) is 14.7. The Morgan fingerprint density at radius 2 is 1.69 bits per heavy atom. The van der Waals surface area contributed by atoms with Crippen LogP contribution in [0.25, 0.3) is 11.3 Å². The summed E-state index contributed by atoms with van der Waals surface area (Å²) in [7, 11) is 0. The molecule has 0 aliphatic carbocycles. The van der Waals surface area contributed by atoms with Gasteiger partial charge in [0.05, 0.1) is 5.69 Å². The van der Waals surface area contributed by atoms with Gasteiger partial charge in [-0.15, -0.1) is 12.4 Å². The van der Waals surface area contributed by atoms with E-state index in [0.717, 1.165) is 61.9 Å². The zero-order chi connectivity index (χ0) is 19.5. The Labute approximate surface area is 176 Å². The molecule has 154 valence electrons. The molecule has 1 aliphatic rings. The van der Waals surface area contributed by atoms with Crippen LogP contribution >= 0.6 is 12.4 Å². The van der Waals surface area contributed by atoms with E-state index in [1.807, 2.05) is 0 Å². The predicted molar refractivity (Wildman–Crippen MR) is 115 cm³/mol. The fourth-order valence-corrected chi connectivity index (χ4v) is 3.77. The Balaban J connectivity index is 0.00000240. The Morgan fingerprint density at radius 1 is 1.00 bits per heavy atom. The second-order valence-electron chi connectivity index (χ2n) is 7.23. The molecule has 0 saturated carbocycles. The van der Waals surface area contributed by atoms with Crippen molar-refractivity contribution < 1.29 is 4.39 Å². The quantitative estimate of drug-likeness (QED) is 0.690. The third kappa shape index (κ3) is 4.74. The Bertz CT molecular complexity index is 915. The first-order chi connectivity index (χ1) is 13.6. The minimum Gasteiger partial charge on any atom is -0.352 e. The lowest BCUT2D eigenvalue weighted by molar-refractivity contribution is 0.260. The van der Waals surface area contributed by atoms with Gasteiger partial charge in [-0.25, -0.2) is 9.37 Å². The van der Waals surface area contributed by atoms with Gasteiger partial charge in [-0.1, -0.05) is 0 Å². The summed E-state index contributed by atoms with van der Waals surface area (Å²) < 4.78 is 13.3. The lowest BCUT2D eigenvalue weighted by atomic mass is 10.1. The van der Waals surface area contributed by atoms with Crippen LogP contribution in [0.1, 0.15) is 17.0 Å². The standard InChI is InChI=1S/C21H25FN6.ClH/c1-15-19(16(2)26-25-15)7-10-27-11-13-28(14-12-27)21-20(23-8-9-24-21)17-3-5-18(22)6-4-17;/h3-6,8-9H,7,10-14H2,1-2H3,(H,25,26);1H. The van der Waals surface area contributed by atoms with Crippen molar-refractivity contribution in [2.75, 3.05) is 37.6 Å². The van der Waals surface area contributed by atoms with Crippen molar-refractivity contribution in [2.45, 2.75) is 20.3 Å². The lowest BCUT2D eigenvalue weighted by Crippen LogP contribution is -2.47. The van der Waals surface area contributed by atoms with E-state index in [4.69, 9.17) is 0 Å². The first-order valence-electron chi connectivity index (χ1n) is 9.66. The highest BCUT2D eigenvalue weighted by atomic mass is 35.5. The molecule has 1 aliphatic heterocycles. The Kier molecular flexibility index (Phi) is 6.82. The average Bonchev–Trinajstić information content (AvgIpc) is 3.05. The smallest absolute Gasteiger partial charge is 0.155 e. The third-order valence-corrected chi connectivity index (χ3v) is 5.43. The van der Waals surface area contributed by atoms with Crippen LogP contribution in [-0.2, 0) is 6.42 Å². The molecule has 0 spiro atoms. The molecular weight excluding hydrogens is 391 g/mol. The largest absolute Gasteiger partial charge is 0.352 e. The molecule has 0 unspecified atom stereocenters. The van der Waals surface area contributed by atoms with E-state index in [1.165, 1.54) is 23.4 Å². The van der Waals surface area contributed by atoms with Crippen LogP contribution in [-0.4, -0.2) is 57.8 Å². The molecule has 0 bridgehead atoms. The number of benzene rings is 1. The summed E-state index contributed by atoms with van der Waals surface area (Å²) in [4.78, 5) is 13.8. The van der Waals surface area contributed by atoms with E-state index in [9.17, 15) is 4.39 Å². The maximum Gasteiger partial charge on any atom is 0.155 e. The first kappa shape index (κ1) is 21.2. The molecule has 1 saturated heterocycles. The van der Waals surface area contributed by atoms with Crippen LogP contribution < -0.4 is 4.90 Å². The molecule has 29 heavy (non-hydrogen) atoms. The summed E-state index contributed by atoms with van der Waals surface area (Å²) >= 11 is 0. The zero-order valence-electron chi connectivity index (χ0n) is 16.7. The summed E-state index contributed by atoms with van der Waals surface area (Å²) in [6.07, 6.45) is 4.42. The fourth-order valence-electron chi connectivity index (χ4n) is 3.77. The molecule has 4 rings (SSSR count). The molecule has 1 aromatic carbocycles. The number of nitrogens with zero attached hydrogens (tertiary/aromatic N) is 5. The van der Waals surface area contributed by atoms with Crippen LogP contribution in [0, 0.1) is 19.7 Å². The highest BCUT2D eigenvalue weighted by Gasteiger charge is 2.21. The molecule has 1 fully saturated rings. The monoisotopic (exact) mass is 416 g/mol.